The summed E-state index contributed by atoms with van der Waals surface area (Å²) in [7, 11) is 0. The molecule has 0 aliphatic carbocycles. The maximum Gasteiger partial charge on any atom is 0.238 e. The van der Waals surface area contributed by atoms with Crippen LogP contribution in [0.4, 0.5) is 0 Å². The first kappa shape index (κ1) is 13.1. The van der Waals surface area contributed by atoms with E-state index in [9.17, 15) is 4.79 Å². The van der Waals surface area contributed by atoms with E-state index in [0.29, 0.717) is 0 Å². The standard InChI is InChI=1S/C13H22N2O/c1-5-10(6-2)15-12(16)11-13(3,4)8-7-9-14-11/h1,10-11,14H,6-9H2,2-4H3,(H,15,16). The van der Waals surface area contributed by atoms with Gasteiger partial charge in [-0.2, -0.15) is 0 Å². The molecule has 1 heterocycles. The third kappa shape index (κ3) is 2.99. The van der Waals surface area contributed by atoms with Crippen LogP contribution in [-0.2, 0) is 4.79 Å². The van der Waals surface area contributed by atoms with Gasteiger partial charge in [0.1, 0.15) is 0 Å². The lowest BCUT2D eigenvalue weighted by Crippen LogP contribution is -2.56. The molecule has 1 saturated heterocycles. The van der Waals surface area contributed by atoms with Crippen molar-refractivity contribution in [1.82, 2.24) is 10.6 Å². The molecule has 0 aromatic heterocycles. The number of rotatable bonds is 3. The van der Waals surface area contributed by atoms with Crippen molar-refractivity contribution in [3.05, 3.63) is 0 Å². The monoisotopic (exact) mass is 222 g/mol. The van der Waals surface area contributed by atoms with E-state index in [4.69, 9.17) is 6.42 Å². The minimum Gasteiger partial charge on any atom is -0.341 e. The van der Waals surface area contributed by atoms with Gasteiger partial charge in [-0.25, -0.2) is 0 Å². The summed E-state index contributed by atoms with van der Waals surface area (Å²) in [6, 6.07) is -0.268. The fraction of sp³-hybridized carbons (Fsp3) is 0.769. The van der Waals surface area contributed by atoms with E-state index in [1.165, 1.54) is 0 Å². The average Bonchev–Trinajstić information content (AvgIpc) is 2.24. The third-order valence-electron chi connectivity index (χ3n) is 3.32. The Morgan fingerprint density at radius 3 is 2.88 bits per heavy atom. The lowest BCUT2D eigenvalue weighted by Gasteiger charge is -2.38. The van der Waals surface area contributed by atoms with Crippen molar-refractivity contribution in [2.24, 2.45) is 5.41 Å². The van der Waals surface area contributed by atoms with Crippen LogP contribution in [-0.4, -0.2) is 24.5 Å². The van der Waals surface area contributed by atoms with E-state index in [-0.39, 0.29) is 23.4 Å². The normalized spacial score (nSPS) is 25.5. The number of carbonyl (C=O) groups excluding carboxylic acids is 1. The topological polar surface area (TPSA) is 41.1 Å². The molecule has 2 N–H and O–H groups in total. The lowest BCUT2D eigenvalue weighted by molar-refractivity contribution is -0.127. The van der Waals surface area contributed by atoms with Gasteiger partial charge in [0, 0.05) is 0 Å². The first-order valence-corrected chi connectivity index (χ1v) is 6.01. The number of hydrogen-bond acceptors (Lipinski definition) is 2. The zero-order valence-electron chi connectivity index (χ0n) is 10.5. The van der Waals surface area contributed by atoms with Gasteiger partial charge in [-0.3, -0.25) is 4.79 Å². The summed E-state index contributed by atoms with van der Waals surface area (Å²) in [6.07, 6.45) is 8.32. The van der Waals surface area contributed by atoms with E-state index in [0.717, 1.165) is 25.8 Å². The summed E-state index contributed by atoms with van der Waals surface area (Å²) >= 11 is 0. The molecule has 1 amide bonds. The highest BCUT2D eigenvalue weighted by Gasteiger charge is 2.37. The summed E-state index contributed by atoms with van der Waals surface area (Å²) in [4.78, 5) is 12.1. The van der Waals surface area contributed by atoms with Crippen LogP contribution in [0.1, 0.15) is 40.0 Å². The molecule has 0 spiro atoms. The molecule has 90 valence electrons. The van der Waals surface area contributed by atoms with Crippen LogP contribution >= 0.6 is 0 Å². The molecule has 3 nitrogen and oxygen atoms in total. The van der Waals surface area contributed by atoms with Crippen molar-refractivity contribution in [2.75, 3.05) is 6.54 Å². The van der Waals surface area contributed by atoms with E-state index in [2.05, 4.69) is 30.4 Å². The Labute approximate surface area is 98.4 Å². The number of piperidine rings is 1. The molecule has 1 rings (SSSR count). The van der Waals surface area contributed by atoms with Crippen molar-refractivity contribution >= 4 is 5.91 Å². The van der Waals surface area contributed by atoms with Gasteiger partial charge < -0.3 is 10.6 Å². The van der Waals surface area contributed by atoms with Crippen LogP contribution in [0.3, 0.4) is 0 Å². The minimum atomic E-state index is -0.146. The number of terminal acetylenes is 1. The number of amides is 1. The SMILES string of the molecule is C#CC(CC)NC(=O)C1NCCCC1(C)C. The molecule has 3 heteroatoms. The molecule has 0 aromatic carbocycles. The largest absolute Gasteiger partial charge is 0.341 e. The molecule has 1 aliphatic rings. The quantitative estimate of drug-likeness (QED) is 0.707. The first-order valence-electron chi connectivity index (χ1n) is 6.01. The maximum absolute atomic E-state index is 12.1. The molecular formula is C13H22N2O. The molecule has 0 aromatic rings. The number of nitrogens with one attached hydrogen (secondary N) is 2. The zero-order valence-corrected chi connectivity index (χ0v) is 10.5. The van der Waals surface area contributed by atoms with Crippen molar-refractivity contribution in [2.45, 2.75) is 52.1 Å². The Balaban J connectivity index is 2.62. The molecular weight excluding hydrogens is 200 g/mol. The van der Waals surface area contributed by atoms with Crippen LogP contribution in [0, 0.1) is 17.8 Å². The van der Waals surface area contributed by atoms with Gasteiger partial charge in [0.2, 0.25) is 5.91 Å². The van der Waals surface area contributed by atoms with Crippen molar-refractivity contribution < 1.29 is 4.79 Å². The molecule has 0 radical (unpaired) electrons. The first-order chi connectivity index (χ1) is 7.51. The summed E-state index contributed by atoms with van der Waals surface area (Å²) in [5.41, 5.74) is 0.00915. The van der Waals surface area contributed by atoms with Crippen molar-refractivity contribution in [3.63, 3.8) is 0 Å². The van der Waals surface area contributed by atoms with Gasteiger partial charge in [0.05, 0.1) is 12.1 Å². The highest BCUT2D eigenvalue weighted by Crippen LogP contribution is 2.30. The van der Waals surface area contributed by atoms with Gasteiger partial charge in [-0.15, -0.1) is 6.42 Å². The second kappa shape index (κ2) is 5.36. The number of hydrogen-bond donors (Lipinski definition) is 2. The minimum absolute atomic E-state index is 0.00915. The zero-order chi connectivity index (χ0) is 12.2. The highest BCUT2D eigenvalue weighted by molar-refractivity contribution is 5.83. The average molecular weight is 222 g/mol. The van der Waals surface area contributed by atoms with Gasteiger partial charge >= 0.3 is 0 Å². The smallest absolute Gasteiger partial charge is 0.238 e. The molecule has 1 aliphatic heterocycles. The Bertz CT molecular complexity index is 291. The molecule has 2 atom stereocenters. The van der Waals surface area contributed by atoms with Crippen molar-refractivity contribution in [1.29, 1.82) is 0 Å². The Morgan fingerprint density at radius 1 is 1.69 bits per heavy atom. The second-order valence-corrected chi connectivity index (χ2v) is 5.12. The fourth-order valence-corrected chi connectivity index (χ4v) is 2.18. The number of carbonyl (C=O) groups is 1. The maximum atomic E-state index is 12.1. The predicted octanol–water partition coefficient (Wildman–Crippen LogP) is 1.29. The van der Waals surface area contributed by atoms with E-state index < -0.39 is 0 Å². The summed E-state index contributed by atoms with van der Waals surface area (Å²) in [6.45, 7) is 7.14. The molecule has 2 unspecified atom stereocenters. The Kier molecular flexibility index (Phi) is 4.37. The third-order valence-corrected chi connectivity index (χ3v) is 3.32. The van der Waals surface area contributed by atoms with Crippen LogP contribution in [0.2, 0.25) is 0 Å². The molecule has 16 heavy (non-hydrogen) atoms. The summed E-state index contributed by atoms with van der Waals surface area (Å²) < 4.78 is 0. The van der Waals surface area contributed by atoms with Crippen LogP contribution in [0.5, 0.6) is 0 Å². The Hall–Kier alpha value is -1.01. The van der Waals surface area contributed by atoms with Gasteiger partial charge in [0.25, 0.3) is 0 Å². The molecule has 0 saturated carbocycles. The van der Waals surface area contributed by atoms with E-state index in [1.54, 1.807) is 0 Å². The summed E-state index contributed by atoms with van der Waals surface area (Å²) in [5, 5.41) is 6.19. The van der Waals surface area contributed by atoms with Gasteiger partial charge in [-0.05, 0) is 31.2 Å². The molecule has 0 bridgehead atoms. The van der Waals surface area contributed by atoms with Crippen LogP contribution in [0.15, 0.2) is 0 Å². The summed E-state index contributed by atoms with van der Waals surface area (Å²) in [5.74, 6) is 2.63. The highest BCUT2D eigenvalue weighted by atomic mass is 16.2. The molecule has 1 fully saturated rings. The fourth-order valence-electron chi connectivity index (χ4n) is 2.18. The predicted molar refractivity (Wildman–Crippen MR) is 65.9 cm³/mol. The van der Waals surface area contributed by atoms with Crippen molar-refractivity contribution in [3.8, 4) is 12.3 Å². The second-order valence-electron chi connectivity index (χ2n) is 5.12. The van der Waals surface area contributed by atoms with E-state index in [1.807, 2.05) is 6.92 Å². The Morgan fingerprint density at radius 2 is 2.38 bits per heavy atom. The van der Waals surface area contributed by atoms with Crippen LogP contribution < -0.4 is 10.6 Å². The lowest BCUT2D eigenvalue weighted by atomic mass is 9.77. The van der Waals surface area contributed by atoms with Gasteiger partial charge in [0.15, 0.2) is 0 Å². The van der Waals surface area contributed by atoms with Gasteiger partial charge in [-0.1, -0.05) is 26.7 Å². The van der Waals surface area contributed by atoms with Crippen LogP contribution in [0.25, 0.3) is 0 Å². The van der Waals surface area contributed by atoms with E-state index >= 15 is 0 Å².